The Hall–Kier alpha value is -3.80. The number of para-hydroxylation sites is 1. The molecule has 138 valence electrons. The van der Waals surface area contributed by atoms with Crippen LogP contribution in [0.5, 0.6) is 0 Å². The Bertz CT molecular complexity index is 1090. The fourth-order valence-electron chi connectivity index (χ4n) is 3.06. The van der Waals surface area contributed by atoms with Crippen LogP contribution in [0.3, 0.4) is 0 Å². The van der Waals surface area contributed by atoms with Crippen molar-refractivity contribution in [3.05, 3.63) is 83.6 Å². The number of rotatable bonds is 5. The smallest absolute Gasteiger partial charge is 0.330 e. The molecule has 0 fully saturated rings. The standard InChI is InChI=1S/C22H16N2O4/c25-20(12-11-16-10-9-15-5-1-4-8-19(15)23-16)28-14-13-24-21(26)17-6-2-3-7-18(17)22(24)27/h1-12H,13-14H2. The van der Waals surface area contributed by atoms with Crippen molar-refractivity contribution in [1.29, 1.82) is 0 Å². The van der Waals surface area contributed by atoms with Crippen LogP contribution >= 0.6 is 0 Å². The first-order chi connectivity index (χ1) is 13.6. The molecule has 4 rings (SSSR count). The molecule has 1 aliphatic heterocycles. The number of imide groups is 1. The minimum atomic E-state index is -0.563. The highest BCUT2D eigenvalue weighted by atomic mass is 16.5. The highest BCUT2D eigenvalue weighted by Gasteiger charge is 2.34. The molecule has 2 heterocycles. The van der Waals surface area contributed by atoms with Gasteiger partial charge in [-0.3, -0.25) is 14.5 Å². The minimum absolute atomic E-state index is 0.0140. The first-order valence-electron chi connectivity index (χ1n) is 8.79. The quantitative estimate of drug-likeness (QED) is 0.391. The third-order valence-electron chi connectivity index (χ3n) is 4.45. The lowest BCUT2D eigenvalue weighted by Crippen LogP contribution is -2.33. The molecule has 3 aromatic rings. The molecule has 6 heteroatoms. The van der Waals surface area contributed by atoms with Crippen LogP contribution in [0.15, 0.2) is 66.7 Å². The Morgan fingerprint density at radius 1 is 0.929 bits per heavy atom. The van der Waals surface area contributed by atoms with E-state index in [0.29, 0.717) is 16.8 Å². The molecule has 2 amide bonds. The maximum absolute atomic E-state index is 12.2. The fraction of sp³-hybridized carbons (Fsp3) is 0.0909. The van der Waals surface area contributed by atoms with Gasteiger partial charge in [0.25, 0.3) is 11.8 Å². The summed E-state index contributed by atoms with van der Waals surface area (Å²) in [7, 11) is 0. The van der Waals surface area contributed by atoms with E-state index in [1.54, 1.807) is 30.3 Å². The van der Waals surface area contributed by atoms with Crippen molar-refractivity contribution in [2.24, 2.45) is 0 Å². The van der Waals surface area contributed by atoms with E-state index in [-0.39, 0.29) is 25.0 Å². The van der Waals surface area contributed by atoms with Crippen molar-refractivity contribution in [2.45, 2.75) is 0 Å². The molecule has 1 aromatic heterocycles. The number of fused-ring (bicyclic) bond motifs is 2. The van der Waals surface area contributed by atoms with E-state index in [1.165, 1.54) is 6.08 Å². The van der Waals surface area contributed by atoms with Crippen LogP contribution in [-0.4, -0.2) is 40.8 Å². The second kappa shape index (κ2) is 7.44. The maximum atomic E-state index is 12.2. The molecule has 2 aromatic carbocycles. The Balaban J connectivity index is 1.33. The van der Waals surface area contributed by atoms with Gasteiger partial charge in [0.1, 0.15) is 6.61 Å². The largest absolute Gasteiger partial charge is 0.461 e. The number of pyridine rings is 1. The molecule has 0 N–H and O–H groups in total. The summed E-state index contributed by atoms with van der Waals surface area (Å²) >= 11 is 0. The predicted octanol–water partition coefficient (Wildman–Crippen LogP) is 3.09. The zero-order valence-corrected chi connectivity index (χ0v) is 14.9. The van der Waals surface area contributed by atoms with Gasteiger partial charge >= 0.3 is 5.97 Å². The number of carbonyl (C=O) groups excluding carboxylic acids is 3. The Labute approximate surface area is 161 Å². The monoisotopic (exact) mass is 372 g/mol. The van der Waals surface area contributed by atoms with Gasteiger partial charge < -0.3 is 4.74 Å². The maximum Gasteiger partial charge on any atom is 0.330 e. The van der Waals surface area contributed by atoms with Gasteiger partial charge in [0.05, 0.1) is 28.9 Å². The zero-order valence-electron chi connectivity index (χ0n) is 14.9. The molecule has 28 heavy (non-hydrogen) atoms. The number of carbonyl (C=O) groups is 3. The lowest BCUT2D eigenvalue weighted by Gasteiger charge is -2.13. The second-order valence-electron chi connectivity index (χ2n) is 6.24. The van der Waals surface area contributed by atoms with Crippen molar-refractivity contribution < 1.29 is 19.1 Å². The van der Waals surface area contributed by atoms with Crippen molar-refractivity contribution >= 4 is 34.8 Å². The number of hydrogen-bond donors (Lipinski definition) is 0. The van der Waals surface area contributed by atoms with Crippen LogP contribution in [0.1, 0.15) is 26.4 Å². The van der Waals surface area contributed by atoms with Crippen LogP contribution in [-0.2, 0) is 9.53 Å². The third kappa shape index (κ3) is 3.40. The second-order valence-corrected chi connectivity index (χ2v) is 6.24. The number of benzene rings is 2. The Kier molecular flexibility index (Phi) is 4.68. The summed E-state index contributed by atoms with van der Waals surface area (Å²) in [4.78, 5) is 41.9. The number of aromatic nitrogens is 1. The fourth-order valence-corrected chi connectivity index (χ4v) is 3.06. The first kappa shape index (κ1) is 17.6. The van der Waals surface area contributed by atoms with Crippen LogP contribution in [0.4, 0.5) is 0 Å². The number of amides is 2. The van der Waals surface area contributed by atoms with E-state index >= 15 is 0 Å². The van der Waals surface area contributed by atoms with Crippen LogP contribution in [0.25, 0.3) is 17.0 Å². The molecule has 6 nitrogen and oxygen atoms in total. The van der Waals surface area contributed by atoms with E-state index in [0.717, 1.165) is 15.8 Å². The molecule has 0 saturated heterocycles. The molecule has 0 bridgehead atoms. The summed E-state index contributed by atoms with van der Waals surface area (Å²) in [5.74, 6) is -1.30. The van der Waals surface area contributed by atoms with E-state index in [1.807, 2.05) is 36.4 Å². The number of hydrogen-bond acceptors (Lipinski definition) is 5. The summed E-state index contributed by atoms with van der Waals surface area (Å²) in [5, 5.41) is 1.02. The molecule has 0 unspecified atom stereocenters. The molecule has 0 saturated carbocycles. The van der Waals surface area contributed by atoms with E-state index in [4.69, 9.17) is 4.74 Å². The average Bonchev–Trinajstić information content (AvgIpc) is 2.97. The number of nitrogens with zero attached hydrogens (tertiary/aromatic N) is 2. The van der Waals surface area contributed by atoms with Gasteiger partial charge in [0.2, 0.25) is 0 Å². The van der Waals surface area contributed by atoms with Gasteiger partial charge in [-0.2, -0.15) is 0 Å². The predicted molar refractivity (Wildman–Crippen MR) is 104 cm³/mol. The van der Waals surface area contributed by atoms with Gasteiger partial charge in [0.15, 0.2) is 0 Å². The average molecular weight is 372 g/mol. The van der Waals surface area contributed by atoms with E-state index in [9.17, 15) is 14.4 Å². The van der Waals surface area contributed by atoms with Crippen molar-refractivity contribution in [2.75, 3.05) is 13.2 Å². The normalized spacial score (nSPS) is 13.4. The third-order valence-corrected chi connectivity index (χ3v) is 4.45. The molecule has 0 aliphatic carbocycles. The molecule has 0 atom stereocenters. The summed E-state index contributed by atoms with van der Waals surface area (Å²) in [6.07, 6.45) is 2.84. The van der Waals surface area contributed by atoms with Gasteiger partial charge in [-0.05, 0) is 30.3 Å². The van der Waals surface area contributed by atoms with Crippen molar-refractivity contribution in [3.63, 3.8) is 0 Å². The highest BCUT2D eigenvalue weighted by molar-refractivity contribution is 6.21. The van der Waals surface area contributed by atoms with E-state index in [2.05, 4.69) is 4.98 Å². The summed E-state index contributed by atoms with van der Waals surface area (Å²) in [6, 6.07) is 18.1. The van der Waals surface area contributed by atoms with Gasteiger partial charge in [-0.15, -0.1) is 0 Å². The van der Waals surface area contributed by atoms with Crippen LogP contribution < -0.4 is 0 Å². The first-order valence-corrected chi connectivity index (χ1v) is 8.79. The van der Waals surface area contributed by atoms with Crippen molar-refractivity contribution in [1.82, 2.24) is 9.88 Å². The van der Waals surface area contributed by atoms with Gasteiger partial charge in [-0.25, -0.2) is 9.78 Å². The lowest BCUT2D eigenvalue weighted by atomic mass is 10.1. The molecular formula is C22H16N2O4. The van der Waals surface area contributed by atoms with Crippen LogP contribution in [0, 0.1) is 0 Å². The zero-order chi connectivity index (χ0) is 19.5. The molecule has 0 spiro atoms. The Morgan fingerprint density at radius 2 is 1.61 bits per heavy atom. The summed E-state index contributed by atoms with van der Waals surface area (Å²) in [5.41, 5.74) is 2.22. The summed E-state index contributed by atoms with van der Waals surface area (Å²) in [6.45, 7) is -0.0556. The summed E-state index contributed by atoms with van der Waals surface area (Å²) < 4.78 is 5.11. The highest BCUT2D eigenvalue weighted by Crippen LogP contribution is 2.21. The molecule has 0 radical (unpaired) electrons. The van der Waals surface area contributed by atoms with Gasteiger partial charge in [0, 0.05) is 11.5 Å². The van der Waals surface area contributed by atoms with E-state index < -0.39 is 5.97 Å². The van der Waals surface area contributed by atoms with Crippen LogP contribution in [0.2, 0.25) is 0 Å². The SMILES string of the molecule is O=C(C=Cc1ccc2ccccc2n1)OCCN1C(=O)c2ccccc2C1=O. The lowest BCUT2D eigenvalue weighted by molar-refractivity contribution is -0.137. The van der Waals surface area contributed by atoms with Gasteiger partial charge in [-0.1, -0.05) is 36.4 Å². The number of ether oxygens (including phenoxy) is 1. The topological polar surface area (TPSA) is 76.6 Å². The Morgan fingerprint density at radius 3 is 2.36 bits per heavy atom. The minimum Gasteiger partial charge on any atom is -0.461 e. The molecular weight excluding hydrogens is 356 g/mol. The molecule has 1 aliphatic rings. The number of esters is 1. The van der Waals surface area contributed by atoms with Crippen molar-refractivity contribution in [3.8, 4) is 0 Å².